The minimum Gasteiger partial charge on any atom is -0.491 e. The van der Waals surface area contributed by atoms with Gasteiger partial charge >= 0.3 is 0 Å². The lowest BCUT2D eigenvalue weighted by atomic mass is 9.85. The molecule has 1 N–H and O–H groups in total. The molecule has 0 amide bonds. The highest BCUT2D eigenvalue weighted by atomic mass is 32.2. The predicted octanol–water partition coefficient (Wildman–Crippen LogP) is 0.358. The molecule has 1 aromatic carbocycles. The van der Waals surface area contributed by atoms with Gasteiger partial charge in [0, 0.05) is 46.8 Å². The van der Waals surface area contributed by atoms with Gasteiger partial charge in [0.25, 0.3) is 10.2 Å². The van der Waals surface area contributed by atoms with Gasteiger partial charge in [-0.2, -0.15) is 22.3 Å². The molecule has 3 rings (SSSR count). The van der Waals surface area contributed by atoms with Crippen LogP contribution in [0.4, 0.5) is 0 Å². The second-order valence-corrected chi connectivity index (χ2v) is 10.0. The van der Waals surface area contributed by atoms with Gasteiger partial charge in [-0.3, -0.25) is 4.90 Å². The summed E-state index contributed by atoms with van der Waals surface area (Å²) in [6.45, 7) is 3.31. The molecule has 3 unspecified atom stereocenters. The zero-order valence-corrected chi connectivity index (χ0v) is 17.2. The Hall–Kier alpha value is -1.70. The van der Waals surface area contributed by atoms with Gasteiger partial charge < -0.3 is 9.84 Å². The standard InChI is InChI=1S/C19H28N4O4S/c1-21(2)28(25,26)23-11-16-7-17(12-23)10-22(9-16)13-18(24)14-27-19-5-3-15(8-20)4-6-19/h3-6,16-18,24H,7,9-14H2,1-2H3. The van der Waals surface area contributed by atoms with E-state index in [4.69, 9.17) is 10.00 Å². The van der Waals surface area contributed by atoms with E-state index in [1.807, 2.05) is 0 Å². The number of hydrogen-bond donors (Lipinski definition) is 1. The summed E-state index contributed by atoms with van der Waals surface area (Å²) in [5, 5.41) is 19.2. The van der Waals surface area contributed by atoms with Crippen molar-refractivity contribution in [1.82, 2.24) is 13.5 Å². The summed E-state index contributed by atoms with van der Waals surface area (Å²) in [7, 11) is -0.237. The summed E-state index contributed by atoms with van der Waals surface area (Å²) in [4.78, 5) is 2.21. The third-order valence-electron chi connectivity index (χ3n) is 5.31. The van der Waals surface area contributed by atoms with Gasteiger partial charge in [0.1, 0.15) is 18.5 Å². The van der Waals surface area contributed by atoms with Gasteiger partial charge in [-0.1, -0.05) is 0 Å². The van der Waals surface area contributed by atoms with E-state index in [1.54, 1.807) is 42.7 Å². The third-order valence-corrected chi connectivity index (χ3v) is 7.18. The summed E-state index contributed by atoms with van der Waals surface area (Å²) < 4.78 is 33.3. The number of aliphatic hydroxyl groups excluding tert-OH is 1. The Morgan fingerprint density at radius 2 is 1.82 bits per heavy atom. The van der Waals surface area contributed by atoms with Crippen molar-refractivity contribution in [3.05, 3.63) is 29.8 Å². The van der Waals surface area contributed by atoms with Crippen molar-refractivity contribution in [1.29, 1.82) is 5.26 Å². The number of aliphatic hydroxyl groups is 1. The number of nitriles is 1. The van der Waals surface area contributed by atoms with Crippen molar-refractivity contribution < 1.29 is 18.3 Å². The molecule has 0 spiro atoms. The molecule has 2 saturated heterocycles. The van der Waals surface area contributed by atoms with Gasteiger partial charge in [-0.05, 0) is 42.5 Å². The minimum absolute atomic E-state index is 0.179. The van der Waals surface area contributed by atoms with Crippen molar-refractivity contribution >= 4 is 10.2 Å². The molecular formula is C19H28N4O4S. The van der Waals surface area contributed by atoms with E-state index >= 15 is 0 Å². The average Bonchev–Trinajstić information content (AvgIpc) is 2.66. The number of rotatable bonds is 7. The number of benzene rings is 1. The van der Waals surface area contributed by atoms with Crippen LogP contribution < -0.4 is 4.74 Å². The van der Waals surface area contributed by atoms with E-state index < -0.39 is 16.3 Å². The molecule has 2 bridgehead atoms. The summed E-state index contributed by atoms with van der Waals surface area (Å²) >= 11 is 0. The Kier molecular flexibility index (Phi) is 6.58. The molecular weight excluding hydrogens is 380 g/mol. The second-order valence-electron chi connectivity index (χ2n) is 7.89. The molecule has 154 valence electrons. The zero-order chi connectivity index (χ0) is 20.3. The maximum absolute atomic E-state index is 12.4. The fourth-order valence-electron chi connectivity index (χ4n) is 4.08. The first-order chi connectivity index (χ1) is 13.3. The van der Waals surface area contributed by atoms with Crippen molar-refractivity contribution in [2.24, 2.45) is 11.8 Å². The average molecular weight is 409 g/mol. The number of ether oxygens (including phenoxy) is 1. The third kappa shape index (κ3) is 5.01. The molecule has 0 radical (unpaired) electrons. The summed E-state index contributed by atoms with van der Waals surface area (Å²) in [5.74, 6) is 1.20. The monoisotopic (exact) mass is 408 g/mol. The number of piperidine rings is 2. The fourth-order valence-corrected chi connectivity index (χ4v) is 5.34. The van der Waals surface area contributed by atoms with Gasteiger partial charge in [-0.25, -0.2) is 0 Å². The maximum atomic E-state index is 12.4. The largest absolute Gasteiger partial charge is 0.491 e. The van der Waals surface area contributed by atoms with Crippen LogP contribution in [0.5, 0.6) is 5.75 Å². The molecule has 0 aliphatic carbocycles. The van der Waals surface area contributed by atoms with Crippen molar-refractivity contribution in [3.63, 3.8) is 0 Å². The molecule has 2 fully saturated rings. The summed E-state index contributed by atoms with van der Waals surface area (Å²) in [5.41, 5.74) is 0.568. The summed E-state index contributed by atoms with van der Waals surface area (Å²) in [6, 6.07) is 8.86. The van der Waals surface area contributed by atoms with Gasteiger partial charge in [0.2, 0.25) is 0 Å². The van der Waals surface area contributed by atoms with E-state index in [0.717, 1.165) is 19.5 Å². The minimum atomic E-state index is -3.37. The lowest BCUT2D eigenvalue weighted by Gasteiger charge is -2.46. The Bertz CT molecular complexity index is 792. The molecule has 1 aromatic rings. The van der Waals surface area contributed by atoms with E-state index in [-0.39, 0.29) is 18.4 Å². The molecule has 9 heteroatoms. The van der Waals surface area contributed by atoms with Crippen LogP contribution in [-0.2, 0) is 10.2 Å². The topological polar surface area (TPSA) is 97.1 Å². The highest BCUT2D eigenvalue weighted by Crippen LogP contribution is 2.30. The smallest absolute Gasteiger partial charge is 0.281 e. The maximum Gasteiger partial charge on any atom is 0.281 e. The van der Waals surface area contributed by atoms with E-state index in [2.05, 4.69) is 11.0 Å². The Morgan fingerprint density at radius 1 is 1.21 bits per heavy atom. The van der Waals surface area contributed by atoms with E-state index in [9.17, 15) is 13.5 Å². The molecule has 8 nitrogen and oxygen atoms in total. The Balaban J connectivity index is 1.48. The first-order valence-electron chi connectivity index (χ1n) is 9.49. The van der Waals surface area contributed by atoms with E-state index in [1.165, 1.54) is 4.31 Å². The molecule has 2 aliphatic rings. The molecule has 0 saturated carbocycles. The van der Waals surface area contributed by atoms with Crippen molar-refractivity contribution in [3.8, 4) is 11.8 Å². The second kappa shape index (κ2) is 8.76. The first kappa shape index (κ1) is 21.0. The molecule has 2 aliphatic heterocycles. The number of hydrogen-bond acceptors (Lipinski definition) is 6. The van der Waals surface area contributed by atoms with Gasteiger partial charge in [-0.15, -0.1) is 0 Å². The van der Waals surface area contributed by atoms with Crippen LogP contribution in [0.1, 0.15) is 12.0 Å². The summed E-state index contributed by atoms with van der Waals surface area (Å²) in [6.07, 6.45) is 0.407. The predicted molar refractivity (Wildman–Crippen MR) is 105 cm³/mol. The van der Waals surface area contributed by atoms with Crippen LogP contribution in [0.25, 0.3) is 0 Å². The van der Waals surface area contributed by atoms with Crippen LogP contribution in [0, 0.1) is 23.2 Å². The highest BCUT2D eigenvalue weighted by Gasteiger charge is 2.39. The van der Waals surface area contributed by atoms with Crippen LogP contribution in [0.2, 0.25) is 0 Å². The van der Waals surface area contributed by atoms with Crippen LogP contribution >= 0.6 is 0 Å². The Morgan fingerprint density at radius 3 is 2.36 bits per heavy atom. The molecule has 28 heavy (non-hydrogen) atoms. The van der Waals surface area contributed by atoms with Gasteiger partial charge in [0.15, 0.2) is 0 Å². The van der Waals surface area contributed by atoms with Crippen LogP contribution in [-0.4, -0.2) is 86.6 Å². The molecule has 2 heterocycles. The lowest BCUT2D eigenvalue weighted by molar-refractivity contribution is 0.0161. The number of fused-ring (bicyclic) bond motifs is 2. The zero-order valence-electron chi connectivity index (χ0n) is 16.4. The highest BCUT2D eigenvalue weighted by molar-refractivity contribution is 7.86. The van der Waals surface area contributed by atoms with Gasteiger partial charge in [0.05, 0.1) is 11.6 Å². The fraction of sp³-hybridized carbons (Fsp3) is 0.632. The molecule has 0 aromatic heterocycles. The van der Waals surface area contributed by atoms with E-state index in [0.29, 0.717) is 30.9 Å². The quantitative estimate of drug-likeness (QED) is 0.700. The van der Waals surface area contributed by atoms with Crippen LogP contribution in [0.3, 0.4) is 0 Å². The number of β-amino-alcohol motifs (C(OH)–C–C–N with tert-alkyl or cyclic N) is 1. The van der Waals surface area contributed by atoms with Crippen LogP contribution in [0.15, 0.2) is 24.3 Å². The number of nitrogens with zero attached hydrogens (tertiary/aromatic N) is 4. The van der Waals surface area contributed by atoms with Crippen molar-refractivity contribution in [2.45, 2.75) is 12.5 Å². The Labute approximate surface area is 167 Å². The SMILES string of the molecule is CN(C)S(=O)(=O)N1CC2CC(CN(CC(O)COc3ccc(C#N)cc3)C2)C1. The molecule has 3 atom stereocenters. The lowest BCUT2D eigenvalue weighted by Crippen LogP contribution is -2.56. The first-order valence-corrected chi connectivity index (χ1v) is 10.9. The van der Waals surface area contributed by atoms with Crippen molar-refractivity contribution in [2.75, 3.05) is 53.4 Å². The number of likely N-dealkylation sites (tertiary alicyclic amines) is 1. The normalized spacial score (nSPS) is 24.7.